The van der Waals surface area contributed by atoms with Crippen molar-refractivity contribution in [3.05, 3.63) is 18.0 Å². The highest BCUT2D eigenvalue weighted by atomic mass is 16.5. The van der Waals surface area contributed by atoms with Gasteiger partial charge in [0.15, 0.2) is 5.76 Å². The highest BCUT2D eigenvalue weighted by Gasteiger charge is 2.12. The number of ether oxygens (including phenoxy) is 1. The van der Waals surface area contributed by atoms with E-state index in [1.165, 1.54) is 12.8 Å². The van der Waals surface area contributed by atoms with Crippen LogP contribution in [-0.2, 0) is 11.3 Å². The van der Waals surface area contributed by atoms with Gasteiger partial charge in [0.05, 0.1) is 12.8 Å². The summed E-state index contributed by atoms with van der Waals surface area (Å²) in [5, 5.41) is 6.96. The minimum absolute atomic E-state index is 0.546. The fraction of sp³-hybridized carbons (Fsp3) is 0.700. The molecule has 1 saturated heterocycles. The summed E-state index contributed by atoms with van der Waals surface area (Å²) in [6, 6.07) is 1.84. The van der Waals surface area contributed by atoms with Crippen LogP contribution in [0.15, 0.2) is 16.8 Å². The second-order valence-electron chi connectivity index (χ2n) is 3.69. The van der Waals surface area contributed by atoms with E-state index in [4.69, 9.17) is 9.26 Å². The molecule has 0 spiro atoms. The first-order valence-corrected chi connectivity index (χ1v) is 5.13. The fourth-order valence-electron chi connectivity index (χ4n) is 1.69. The standard InChI is InChI=1S/C10H16N2O2/c1-4-11-5-2-9(1)7-13-8-10-3-6-12-14-10/h3,6,9,11H,1-2,4-5,7-8H2. The Bertz CT molecular complexity index is 243. The Morgan fingerprint density at radius 2 is 2.36 bits per heavy atom. The van der Waals surface area contributed by atoms with E-state index in [0.717, 1.165) is 25.5 Å². The topological polar surface area (TPSA) is 47.3 Å². The molecule has 0 atom stereocenters. The van der Waals surface area contributed by atoms with E-state index in [1.807, 2.05) is 6.07 Å². The Morgan fingerprint density at radius 3 is 3.07 bits per heavy atom. The van der Waals surface area contributed by atoms with Crippen molar-refractivity contribution < 1.29 is 9.26 Å². The van der Waals surface area contributed by atoms with E-state index < -0.39 is 0 Å². The molecule has 0 bridgehead atoms. The summed E-state index contributed by atoms with van der Waals surface area (Å²) in [6.07, 6.45) is 4.08. The maximum atomic E-state index is 5.56. The number of hydrogen-bond donors (Lipinski definition) is 1. The van der Waals surface area contributed by atoms with Crippen molar-refractivity contribution in [3.63, 3.8) is 0 Å². The van der Waals surface area contributed by atoms with Gasteiger partial charge in [0, 0.05) is 6.07 Å². The summed E-state index contributed by atoms with van der Waals surface area (Å²) in [5.74, 6) is 1.51. The van der Waals surface area contributed by atoms with Crippen LogP contribution in [0, 0.1) is 5.92 Å². The van der Waals surface area contributed by atoms with Crippen LogP contribution < -0.4 is 5.32 Å². The van der Waals surface area contributed by atoms with Gasteiger partial charge in [-0.05, 0) is 31.8 Å². The zero-order chi connectivity index (χ0) is 9.64. The number of hydrogen-bond acceptors (Lipinski definition) is 4. The van der Waals surface area contributed by atoms with E-state index in [1.54, 1.807) is 6.20 Å². The van der Waals surface area contributed by atoms with Crippen molar-refractivity contribution in [2.75, 3.05) is 19.7 Å². The molecule has 0 aromatic carbocycles. The molecule has 4 heteroatoms. The lowest BCUT2D eigenvalue weighted by Gasteiger charge is -2.21. The molecule has 1 N–H and O–H groups in total. The van der Waals surface area contributed by atoms with E-state index in [2.05, 4.69) is 10.5 Å². The van der Waals surface area contributed by atoms with Gasteiger partial charge in [-0.15, -0.1) is 0 Å². The Morgan fingerprint density at radius 1 is 1.50 bits per heavy atom. The number of aromatic nitrogens is 1. The van der Waals surface area contributed by atoms with Crippen LogP contribution >= 0.6 is 0 Å². The average Bonchev–Trinajstić information content (AvgIpc) is 2.72. The summed E-state index contributed by atoms with van der Waals surface area (Å²) >= 11 is 0. The number of nitrogens with zero attached hydrogens (tertiary/aromatic N) is 1. The van der Waals surface area contributed by atoms with Crippen molar-refractivity contribution in [2.45, 2.75) is 19.4 Å². The summed E-state index contributed by atoms with van der Waals surface area (Å²) < 4.78 is 10.5. The molecule has 2 heterocycles. The Balaban J connectivity index is 1.62. The zero-order valence-corrected chi connectivity index (χ0v) is 8.24. The first-order valence-electron chi connectivity index (χ1n) is 5.13. The Labute approximate surface area is 83.6 Å². The molecule has 0 radical (unpaired) electrons. The van der Waals surface area contributed by atoms with Crippen molar-refractivity contribution in [1.82, 2.24) is 10.5 Å². The highest BCUT2D eigenvalue weighted by molar-refractivity contribution is 4.90. The van der Waals surface area contributed by atoms with Crippen molar-refractivity contribution in [2.24, 2.45) is 5.92 Å². The lowest BCUT2D eigenvalue weighted by Crippen LogP contribution is -2.29. The van der Waals surface area contributed by atoms with Gasteiger partial charge in [0.1, 0.15) is 6.61 Å². The first-order chi connectivity index (χ1) is 6.95. The third kappa shape index (κ3) is 2.82. The van der Waals surface area contributed by atoms with Crippen LogP contribution in [0.5, 0.6) is 0 Å². The van der Waals surface area contributed by atoms with Gasteiger partial charge < -0.3 is 14.6 Å². The SMILES string of the molecule is c1cc(COCC2CCNCC2)on1. The molecular formula is C10H16N2O2. The van der Waals surface area contributed by atoms with Gasteiger partial charge in [0.25, 0.3) is 0 Å². The Hall–Kier alpha value is -0.870. The van der Waals surface area contributed by atoms with E-state index in [0.29, 0.717) is 12.5 Å². The molecule has 0 aliphatic carbocycles. The van der Waals surface area contributed by atoms with Crippen molar-refractivity contribution >= 4 is 0 Å². The molecule has 1 aliphatic rings. The van der Waals surface area contributed by atoms with Crippen molar-refractivity contribution in [1.29, 1.82) is 0 Å². The van der Waals surface area contributed by atoms with Gasteiger partial charge in [-0.3, -0.25) is 0 Å². The van der Waals surface area contributed by atoms with Gasteiger partial charge in [-0.25, -0.2) is 0 Å². The third-order valence-corrected chi connectivity index (χ3v) is 2.55. The molecule has 78 valence electrons. The second kappa shape index (κ2) is 5.12. The van der Waals surface area contributed by atoms with Gasteiger partial charge in [-0.1, -0.05) is 5.16 Å². The zero-order valence-electron chi connectivity index (χ0n) is 8.24. The summed E-state index contributed by atoms with van der Waals surface area (Å²) in [6.45, 7) is 3.62. The highest BCUT2D eigenvalue weighted by Crippen LogP contribution is 2.12. The van der Waals surface area contributed by atoms with Crippen LogP contribution in [-0.4, -0.2) is 24.9 Å². The average molecular weight is 196 g/mol. The minimum atomic E-state index is 0.546. The normalized spacial score (nSPS) is 18.6. The first kappa shape index (κ1) is 9.68. The van der Waals surface area contributed by atoms with E-state index >= 15 is 0 Å². The largest absolute Gasteiger partial charge is 0.373 e. The molecule has 1 aliphatic heterocycles. The van der Waals surface area contributed by atoms with Crippen LogP contribution in [0.25, 0.3) is 0 Å². The number of nitrogens with one attached hydrogen (secondary N) is 1. The molecule has 0 saturated carbocycles. The molecular weight excluding hydrogens is 180 g/mol. The predicted molar refractivity (Wildman–Crippen MR) is 51.8 cm³/mol. The van der Waals surface area contributed by atoms with E-state index in [-0.39, 0.29) is 0 Å². The predicted octanol–water partition coefficient (Wildman–Crippen LogP) is 1.19. The van der Waals surface area contributed by atoms with Gasteiger partial charge >= 0.3 is 0 Å². The van der Waals surface area contributed by atoms with E-state index in [9.17, 15) is 0 Å². The fourth-order valence-corrected chi connectivity index (χ4v) is 1.69. The van der Waals surface area contributed by atoms with Crippen LogP contribution in [0.1, 0.15) is 18.6 Å². The quantitative estimate of drug-likeness (QED) is 0.785. The molecule has 1 aromatic rings. The third-order valence-electron chi connectivity index (χ3n) is 2.55. The molecule has 1 fully saturated rings. The lowest BCUT2D eigenvalue weighted by atomic mass is 9.99. The number of piperidine rings is 1. The molecule has 0 amide bonds. The lowest BCUT2D eigenvalue weighted by molar-refractivity contribution is 0.0628. The smallest absolute Gasteiger partial charge is 0.162 e. The molecule has 2 rings (SSSR count). The minimum Gasteiger partial charge on any atom is -0.373 e. The monoisotopic (exact) mass is 196 g/mol. The van der Waals surface area contributed by atoms with Gasteiger partial charge in [-0.2, -0.15) is 0 Å². The second-order valence-corrected chi connectivity index (χ2v) is 3.69. The summed E-state index contributed by atoms with van der Waals surface area (Å²) in [7, 11) is 0. The van der Waals surface area contributed by atoms with Crippen molar-refractivity contribution in [3.8, 4) is 0 Å². The maximum absolute atomic E-state index is 5.56. The maximum Gasteiger partial charge on any atom is 0.162 e. The molecule has 14 heavy (non-hydrogen) atoms. The summed E-state index contributed by atoms with van der Waals surface area (Å²) in [4.78, 5) is 0. The van der Waals surface area contributed by atoms with Gasteiger partial charge in [0.2, 0.25) is 0 Å². The van der Waals surface area contributed by atoms with Crippen LogP contribution in [0.2, 0.25) is 0 Å². The molecule has 4 nitrogen and oxygen atoms in total. The number of rotatable bonds is 4. The molecule has 0 unspecified atom stereocenters. The molecule has 1 aromatic heterocycles. The Kier molecular flexibility index (Phi) is 3.54. The summed E-state index contributed by atoms with van der Waals surface area (Å²) in [5.41, 5.74) is 0. The van der Waals surface area contributed by atoms with Crippen LogP contribution in [0.4, 0.5) is 0 Å². The van der Waals surface area contributed by atoms with Crippen LogP contribution in [0.3, 0.4) is 0 Å².